The van der Waals surface area contributed by atoms with Gasteiger partial charge in [0.2, 0.25) is 10.0 Å². The van der Waals surface area contributed by atoms with Crippen LogP contribution in [0.25, 0.3) is 11.3 Å². The molecule has 3 aromatic rings. The monoisotopic (exact) mass is 452 g/mol. The second-order valence-electron chi connectivity index (χ2n) is 8.89. The zero-order chi connectivity index (χ0) is 22.7. The van der Waals surface area contributed by atoms with Crippen LogP contribution in [0.5, 0.6) is 5.75 Å². The van der Waals surface area contributed by atoms with E-state index in [4.69, 9.17) is 9.88 Å². The van der Waals surface area contributed by atoms with Crippen molar-refractivity contribution < 1.29 is 13.2 Å². The Kier molecular flexibility index (Phi) is 6.72. The normalized spacial score (nSPS) is 15.1. The fourth-order valence-electron chi connectivity index (χ4n) is 4.66. The third kappa shape index (κ3) is 5.08. The maximum Gasteiger partial charge on any atom is 0.239 e. The van der Waals surface area contributed by atoms with Crippen LogP contribution in [-0.2, 0) is 23.2 Å². The Labute approximate surface area is 191 Å². The van der Waals surface area contributed by atoms with Crippen LogP contribution in [0, 0.1) is 19.8 Å². The minimum atomic E-state index is -3.80. The highest BCUT2D eigenvalue weighted by molar-refractivity contribution is 7.89. The van der Waals surface area contributed by atoms with E-state index in [0.717, 1.165) is 34.7 Å². The average molecular weight is 453 g/mol. The van der Waals surface area contributed by atoms with E-state index in [9.17, 15) is 8.42 Å². The predicted molar refractivity (Wildman–Crippen MR) is 128 cm³/mol. The predicted octanol–water partition coefficient (Wildman–Crippen LogP) is 5.58. The smallest absolute Gasteiger partial charge is 0.239 e. The third-order valence-corrected chi connectivity index (χ3v) is 7.54. The van der Waals surface area contributed by atoms with Crippen molar-refractivity contribution in [2.45, 2.75) is 64.0 Å². The van der Waals surface area contributed by atoms with Gasteiger partial charge in [0.15, 0.2) is 0 Å². The van der Waals surface area contributed by atoms with Crippen LogP contribution in [0.4, 0.5) is 0 Å². The number of primary sulfonamides is 1. The Balaban J connectivity index is 1.69. The number of aromatic nitrogens is 1. The van der Waals surface area contributed by atoms with Crippen molar-refractivity contribution in [2.75, 3.05) is 0 Å². The Morgan fingerprint density at radius 3 is 2.41 bits per heavy atom. The number of nitrogens with two attached hydrogens (primary N) is 1. The summed E-state index contributed by atoms with van der Waals surface area (Å²) in [7, 11) is -3.80. The Morgan fingerprint density at radius 1 is 1.00 bits per heavy atom. The zero-order valence-electron chi connectivity index (χ0n) is 18.9. The van der Waals surface area contributed by atoms with Crippen LogP contribution in [0.15, 0.2) is 59.5 Å². The highest BCUT2D eigenvalue weighted by Gasteiger charge is 2.23. The molecule has 1 saturated carbocycles. The summed E-state index contributed by atoms with van der Waals surface area (Å²) in [4.78, 5) is 0.204. The molecule has 1 aliphatic carbocycles. The van der Waals surface area contributed by atoms with Crippen molar-refractivity contribution in [2.24, 2.45) is 11.1 Å². The maximum atomic E-state index is 12.3. The van der Waals surface area contributed by atoms with Crippen LogP contribution in [-0.4, -0.2) is 13.0 Å². The first-order valence-electron chi connectivity index (χ1n) is 11.3. The number of aryl methyl sites for hydroxylation is 1. The molecule has 1 aromatic heterocycles. The number of hydrogen-bond acceptors (Lipinski definition) is 3. The minimum absolute atomic E-state index is 0.204. The number of nitrogens with zero attached hydrogens (tertiary/aromatic N) is 1. The van der Waals surface area contributed by atoms with Crippen molar-refractivity contribution in [1.29, 1.82) is 0 Å². The molecule has 0 amide bonds. The quantitative estimate of drug-likeness (QED) is 0.509. The summed E-state index contributed by atoms with van der Waals surface area (Å²) in [6.07, 6.45) is 6.13. The number of ether oxygens (including phenoxy) is 1. The fraction of sp³-hybridized carbons (Fsp3) is 0.385. The standard InChI is InChI=1S/C26H32N2O3S/c1-19-13-14-23(15-25(19)31-18-22-11-7-4-8-12-22)24-16-26(32(27,29)30)20(2)28(24)17-21-9-5-3-6-10-21/h4,7-8,11-16,21H,3,5-6,9-10,17-18H2,1-2H3,(H2,27,29,30). The average Bonchev–Trinajstić information content (AvgIpc) is 3.11. The summed E-state index contributed by atoms with van der Waals surface area (Å²) in [5, 5.41) is 5.55. The Morgan fingerprint density at radius 2 is 1.72 bits per heavy atom. The molecule has 1 aliphatic rings. The van der Waals surface area contributed by atoms with E-state index in [1.807, 2.05) is 62.4 Å². The fourth-order valence-corrected chi connectivity index (χ4v) is 5.46. The van der Waals surface area contributed by atoms with Gasteiger partial charge in [0.05, 0.1) is 0 Å². The van der Waals surface area contributed by atoms with Gasteiger partial charge >= 0.3 is 0 Å². The van der Waals surface area contributed by atoms with Crippen molar-refractivity contribution in [3.05, 3.63) is 71.4 Å². The van der Waals surface area contributed by atoms with Crippen molar-refractivity contribution in [3.8, 4) is 17.0 Å². The van der Waals surface area contributed by atoms with E-state index >= 15 is 0 Å². The molecule has 6 heteroatoms. The van der Waals surface area contributed by atoms with Gasteiger partial charge in [-0.1, -0.05) is 61.7 Å². The molecule has 5 nitrogen and oxygen atoms in total. The lowest BCUT2D eigenvalue weighted by Crippen LogP contribution is -2.17. The first-order valence-corrected chi connectivity index (χ1v) is 12.9. The van der Waals surface area contributed by atoms with Gasteiger partial charge in [0.25, 0.3) is 0 Å². The molecule has 2 aromatic carbocycles. The van der Waals surface area contributed by atoms with Gasteiger partial charge in [-0.2, -0.15) is 0 Å². The van der Waals surface area contributed by atoms with Crippen molar-refractivity contribution >= 4 is 10.0 Å². The molecular formula is C26H32N2O3S. The van der Waals surface area contributed by atoms with Crippen LogP contribution < -0.4 is 9.88 Å². The largest absolute Gasteiger partial charge is 0.489 e. The Hall–Kier alpha value is -2.57. The van der Waals surface area contributed by atoms with E-state index in [-0.39, 0.29) is 4.90 Å². The van der Waals surface area contributed by atoms with Gasteiger partial charge in [-0.05, 0) is 55.9 Å². The molecule has 1 heterocycles. The van der Waals surface area contributed by atoms with E-state index in [2.05, 4.69) is 4.57 Å². The molecule has 0 spiro atoms. The van der Waals surface area contributed by atoms with Crippen molar-refractivity contribution in [3.63, 3.8) is 0 Å². The molecule has 0 saturated heterocycles. The number of rotatable bonds is 7. The van der Waals surface area contributed by atoms with E-state index in [1.54, 1.807) is 6.07 Å². The first kappa shape index (κ1) is 22.6. The molecule has 0 atom stereocenters. The second-order valence-corrected chi connectivity index (χ2v) is 10.4. The SMILES string of the molecule is Cc1ccc(-c2cc(S(N)(=O)=O)c(C)n2CC2CCCCC2)cc1OCc1ccccc1. The van der Waals surface area contributed by atoms with Crippen LogP contribution in [0.2, 0.25) is 0 Å². The van der Waals surface area contributed by atoms with Crippen molar-refractivity contribution in [1.82, 2.24) is 4.57 Å². The van der Waals surface area contributed by atoms with Gasteiger partial charge in [-0.25, -0.2) is 13.6 Å². The molecule has 0 bridgehead atoms. The molecule has 0 unspecified atom stereocenters. The van der Waals surface area contributed by atoms with Gasteiger partial charge in [0, 0.05) is 23.5 Å². The summed E-state index contributed by atoms with van der Waals surface area (Å²) in [5.74, 6) is 1.35. The molecule has 4 rings (SSSR count). The highest BCUT2D eigenvalue weighted by Crippen LogP contribution is 2.34. The lowest BCUT2D eigenvalue weighted by molar-refractivity contribution is 0.304. The summed E-state index contributed by atoms with van der Waals surface area (Å²) < 4.78 is 32.8. The van der Waals surface area contributed by atoms with E-state index in [1.165, 1.54) is 32.1 Å². The third-order valence-electron chi connectivity index (χ3n) is 6.51. The minimum Gasteiger partial charge on any atom is -0.489 e. The molecular weight excluding hydrogens is 420 g/mol. The van der Waals surface area contributed by atoms with Crippen LogP contribution in [0.1, 0.15) is 48.9 Å². The maximum absolute atomic E-state index is 12.3. The lowest BCUT2D eigenvalue weighted by Gasteiger charge is -2.24. The molecule has 0 radical (unpaired) electrons. The number of hydrogen-bond donors (Lipinski definition) is 1. The number of sulfonamides is 1. The summed E-state index contributed by atoms with van der Waals surface area (Å²) in [5.41, 5.74) is 4.67. The molecule has 1 fully saturated rings. The van der Waals surface area contributed by atoms with Gasteiger partial charge < -0.3 is 9.30 Å². The molecule has 170 valence electrons. The topological polar surface area (TPSA) is 74.3 Å². The van der Waals surface area contributed by atoms with Gasteiger partial charge in [0.1, 0.15) is 17.3 Å². The Bertz CT molecular complexity index is 1180. The zero-order valence-corrected chi connectivity index (χ0v) is 19.7. The summed E-state index contributed by atoms with van der Waals surface area (Å²) >= 11 is 0. The van der Waals surface area contributed by atoms with Crippen LogP contribution in [0.3, 0.4) is 0 Å². The van der Waals surface area contributed by atoms with E-state index < -0.39 is 10.0 Å². The molecule has 2 N–H and O–H groups in total. The van der Waals surface area contributed by atoms with E-state index in [0.29, 0.717) is 18.2 Å². The highest BCUT2D eigenvalue weighted by atomic mass is 32.2. The first-order chi connectivity index (χ1) is 15.3. The van der Waals surface area contributed by atoms with Crippen LogP contribution >= 0.6 is 0 Å². The second kappa shape index (κ2) is 9.51. The number of benzene rings is 2. The summed E-state index contributed by atoms with van der Waals surface area (Å²) in [6, 6.07) is 17.9. The lowest BCUT2D eigenvalue weighted by atomic mass is 9.89. The summed E-state index contributed by atoms with van der Waals surface area (Å²) in [6.45, 7) is 5.17. The molecule has 0 aliphatic heterocycles. The van der Waals surface area contributed by atoms with Gasteiger partial charge in [-0.15, -0.1) is 0 Å². The van der Waals surface area contributed by atoms with Gasteiger partial charge in [-0.3, -0.25) is 0 Å². The molecule has 32 heavy (non-hydrogen) atoms.